The van der Waals surface area contributed by atoms with Gasteiger partial charge in [0.15, 0.2) is 0 Å². The second kappa shape index (κ2) is 6.16. The van der Waals surface area contributed by atoms with Crippen LogP contribution in [0.4, 0.5) is 0 Å². The van der Waals surface area contributed by atoms with Crippen LogP contribution >= 0.6 is 0 Å². The van der Waals surface area contributed by atoms with Gasteiger partial charge in [-0.1, -0.05) is 13.8 Å². The Bertz CT molecular complexity index is 278. The normalized spacial score (nSPS) is 15.5. The highest BCUT2D eigenvalue weighted by molar-refractivity contribution is 5.90. The largest absolute Gasteiger partial charge is 0.336 e. The van der Waals surface area contributed by atoms with Crippen molar-refractivity contribution >= 4 is 5.91 Å². The summed E-state index contributed by atoms with van der Waals surface area (Å²) in [6, 6.07) is 0. The first-order valence-electron chi connectivity index (χ1n) is 5.52. The Labute approximate surface area is 89.9 Å². The van der Waals surface area contributed by atoms with Crippen LogP contribution in [-0.4, -0.2) is 39.1 Å². The van der Waals surface area contributed by atoms with Gasteiger partial charge in [0.25, 0.3) is 5.91 Å². The molecule has 0 aliphatic carbocycles. The molecule has 1 N–H and O–H groups in total. The van der Waals surface area contributed by atoms with E-state index in [2.05, 4.69) is 15.2 Å². The van der Waals surface area contributed by atoms with E-state index in [9.17, 15) is 4.79 Å². The molecule has 1 amide bonds. The van der Waals surface area contributed by atoms with E-state index >= 15 is 0 Å². The van der Waals surface area contributed by atoms with Crippen LogP contribution in [0.15, 0.2) is 6.33 Å². The molecule has 1 aliphatic heterocycles. The monoisotopic (exact) mass is 210 g/mol. The van der Waals surface area contributed by atoms with Gasteiger partial charge in [0.05, 0.1) is 0 Å². The zero-order chi connectivity index (χ0) is 11.1. The first-order chi connectivity index (χ1) is 7.38. The van der Waals surface area contributed by atoms with E-state index in [0.29, 0.717) is 5.82 Å². The van der Waals surface area contributed by atoms with Gasteiger partial charge in [-0.3, -0.25) is 9.89 Å². The first-order valence-corrected chi connectivity index (χ1v) is 5.52. The molecule has 2 heterocycles. The summed E-state index contributed by atoms with van der Waals surface area (Å²) in [5, 5.41) is 6.24. The minimum atomic E-state index is -0.0304. The molecule has 1 saturated heterocycles. The van der Waals surface area contributed by atoms with Crippen LogP contribution in [0.3, 0.4) is 0 Å². The predicted octanol–water partition coefficient (Wildman–Crippen LogP) is 1.46. The average Bonchev–Trinajstić information content (AvgIpc) is 2.85. The smallest absolute Gasteiger partial charge is 0.291 e. The van der Waals surface area contributed by atoms with Gasteiger partial charge >= 0.3 is 0 Å². The number of hydrogen-bond acceptors (Lipinski definition) is 3. The van der Waals surface area contributed by atoms with E-state index < -0.39 is 0 Å². The van der Waals surface area contributed by atoms with E-state index in [-0.39, 0.29) is 5.91 Å². The maximum Gasteiger partial charge on any atom is 0.291 e. The third kappa shape index (κ3) is 3.04. The summed E-state index contributed by atoms with van der Waals surface area (Å²) in [6.45, 7) is 5.69. The number of likely N-dealkylation sites (tertiary alicyclic amines) is 1. The lowest BCUT2D eigenvalue weighted by Gasteiger charge is -2.25. The number of aromatic amines is 1. The summed E-state index contributed by atoms with van der Waals surface area (Å²) >= 11 is 0. The number of piperidine rings is 1. The van der Waals surface area contributed by atoms with Crippen molar-refractivity contribution in [3.05, 3.63) is 12.2 Å². The van der Waals surface area contributed by atoms with Crippen LogP contribution in [0.1, 0.15) is 43.7 Å². The van der Waals surface area contributed by atoms with Crippen LogP contribution in [0.25, 0.3) is 0 Å². The molecule has 0 radical (unpaired) electrons. The Kier molecular flexibility index (Phi) is 4.80. The summed E-state index contributed by atoms with van der Waals surface area (Å²) in [6.07, 6.45) is 4.77. The molecule has 0 saturated carbocycles. The zero-order valence-corrected chi connectivity index (χ0v) is 9.36. The summed E-state index contributed by atoms with van der Waals surface area (Å²) < 4.78 is 0. The van der Waals surface area contributed by atoms with Crippen molar-refractivity contribution in [2.24, 2.45) is 0 Å². The fraction of sp³-hybridized carbons (Fsp3) is 0.700. The highest BCUT2D eigenvalue weighted by Gasteiger charge is 2.19. The first kappa shape index (κ1) is 11.7. The number of amides is 1. The van der Waals surface area contributed by atoms with Crippen LogP contribution < -0.4 is 0 Å². The summed E-state index contributed by atoms with van der Waals surface area (Å²) in [5.41, 5.74) is 0. The Morgan fingerprint density at radius 3 is 2.53 bits per heavy atom. The Hall–Kier alpha value is -1.39. The minimum Gasteiger partial charge on any atom is -0.336 e. The average molecular weight is 210 g/mol. The van der Waals surface area contributed by atoms with Crippen molar-refractivity contribution in [1.82, 2.24) is 20.1 Å². The van der Waals surface area contributed by atoms with Crippen molar-refractivity contribution in [1.29, 1.82) is 0 Å². The molecule has 5 nitrogen and oxygen atoms in total. The molecular weight excluding hydrogens is 192 g/mol. The predicted molar refractivity (Wildman–Crippen MR) is 57.5 cm³/mol. The van der Waals surface area contributed by atoms with Gasteiger partial charge in [-0.2, -0.15) is 5.10 Å². The molecule has 84 valence electrons. The SMILES string of the molecule is CC.O=C(c1ncn[nH]1)N1CCCCC1. The van der Waals surface area contributed by atoms with E-state index in [1.54, 1.807) is 0 Å². The molecule has 2 rings (SSSR count). The lowest BCUT2D eigenvalue weighted by molar-refractivity contribution is 0.0712. The molecule has 1 aliphatic rings. The highest BCUT2D eigenvalue weighted by Crippen LogP contribution is 2.10. The number of nitrogens with zero attached hydrogens (tertiary/aromatic N) is 3. The Balaban J connectivity index is 0.000000531. The van der Waals surface area contributed by atoms with Gasteiger partial charge in [0.2, 0.25) is 5.82 Å². The van der Waals surface area contributed by atoms with Gasteiger partial charge in [-0.05, 0) is 19.3 Å². The van der Waals surface area contributed by atoms with Gasteiger partial charge in [0.1, 0.15) is 6.33 Å². The lowest BCUT2D eigenvalue weighted by Crippen LogP contribution is -2.36. The number of carbonyl (C=O) groups is 1. The van der Waals surface area contributed by atoms with Gasteiger partial charge < -0.3 is 4.90 Å². The third-order valence-electron chi connectivity index (χ3n) is 2.26. The summed E-state index contributed by atoms with van der Waals surface area (Å²) in [7, 11) is 0. The van der Waals surface area contributed by atoms with Crippen LogP contribution in [0, 0.1) is 0 Å². The van der Waals surface area contributed by atoms with Gasteiger partial charge in [-0.25, -0.2) is 4.98 Å². The molecular formula is C10H18N4O. The second-order valence-electron chi connectivity index (χ2n) is 3.19. The van der Waals surface area contributed by atoms with Gasteiger partial charge in [-0.15, -0.1) is 0 Å². The molecule has 0 bridgehead atoms. The Morgan fingerprint density at radius 1 is 1.33 bits per heavy atom. The molecule has 0 aromatic carbocycles. The van der Waals surface area contributed by atoms with E-state index in [1.807, 2.05) is 18.7 Å². The molecule has 15 heavy (non-hydrogen) atoms. The topological polar surface area (TPSA) is 61.9 Å². The van der Waals surface area contributed by atoms with Crippen molar-refractivity contribution in [3.63, 3.8) is 0 Å². The number of H-pyrrole nitrogens is 1. The molecule has 0 atom stereocenters. The fourth-order valence-corrected chi connectivity index (χ4v) is 1.56. The molecule has 1 fully saturated rings. The van der Waals surface area contributed by atoms with Crippen LogP contribution in [0.2, 0.25) is 0 Å². The quantitative estimate of drug-likeness (QED) is 0.763. The second-order valence-corrected chi connectivity index (χ2v) is 3.19. The maximum absolute atomic E-state index is 11.7. The molecule has 0 unspecified atom stereocenters. The molecule has 1 aromatic rings. The van der Waals surface area contributed by atoms with Crippen LogP contribution in [-0.2, 0) is 0 Å². The Morgan fingerprint density at radius 2 is 2.00 bits per heavy atom. The van der Waals surface area contributed by atoms with E-state index in [1.165, 1.54) is 12.7 Å². The zero-order valence-electron chi connectivity index (χ0n) is 9.36. The number of hydrogen-bond donors (Lipinski definition) is 1. The minimum absolute atomic E-state index is 0.0304. The highest BCUT2D eigenvalue weighted by atomic mass is 16.2. The van der Waals surface area contributed by atoms with Crippen molar-refractivity contribution in [2.45, 2.75) is 33.1 Å². The fourth-order valence-electron chi connectivity index (χ4n) is 1.56. The number of aromatic nitrogens is 3. The number of nitrogens with one attached hydrogen (secondary N) is 1. The lowest BCUT2D eigenvalue weighted by atomic mass is 10.1. The number of carbonyl (C=O) groups excluding carboxylic acids is 1. The van der Waals surface area contributed by atoms with E-state index in [0.717, 1.165) is 25.9 Å². The van der Waals surface area contributed by atoms with Crippen molar-refractivity contribution in [3.8, 4) is 0 Å². The third-order valence-corrected chi connectivity index (χ3v) is 2.26. The van der Waals surface area contributed by atoms with Crippen molar-refractivity contribution < 1.29 is 4.79 Å². The van der Waals surface area contributed by atoms with E-state index in [4.69, 9.17) is 0 Å². The number of rotatable bonds is 1. The summed E-state index contributed by atoms with van der Waals surface area (Å²) in [4.78, 5) is 17.3. The van der Waals surface area contributed by atoms with Crippen molar-refractivity contribution in [2.75, 3.05) is 13.1 Å². The molecule has 1 aromatic heterocycles. The molecule has 5 heteroatoms. The van der Waals surface area contributed by atoms with Crippen LogP contribution in [0.5, 0.6) is 0 Å². The molecule has 0 spiro atoms. The standard InChI is InChI=1S/C8H12N4O.C2H6/c13-8(7-9-6-10-11-7)12-4-2-1-3-5-12;1-2/h6H,1-5H2,(H,9,10,11);1-2H3. The summed E-state index contributed by atoms with van der Waals surface area (Å²) in [5.74, 6) is 0.319. The maximum atomic E-state index is 11.7. The van der Waals surface area contributed by atoms with Gasteiger partial charge in [0, 0.05) is 13.1 Å².